The van der Waals surface area contributed by atoms with Gasteiger partial charge in [0.15, 0.2) is 15.5 Å². The van der Waals surface area contributed by atoms with Crippen LogP contribution in [0.4, 0.5) is 5.82 Å². The normalized spacial score (nSPS) is 11.1. The summed E-state index contributed by atoms with van der Waals surface area (Å²) in [4.78, 5) is 17.9. The van der Waals surface area contributed by atoms with Crippen molar-refractivity contribution in [1.29, 1.82) is 0 Å². The molecule has 2 N–H and O–H groups in total. The van der Waals surface area contributed by atoms with E-state index in [4.69, 9.17) is 5.11 Å². The molecule has 1 aromatic rings. The third-order valence-electron chi connectivity index (χ3n) is 2.03. The van der Waals surface area contributed by atoms with Crippen LogP contribution in [0.2, 0.25) is 0 Å². The van der Waals surface area contributed by atoms with Gasteiger partial charge in [-0.05, 0) is 0 Å². The molecule has 0 fully saturated rings. The van der Waals surface area contributed by atoms with Gasteiger partial charge < -0.3 is 10.4 Å². The number of sulfone groups is 1. The molecule has 0 aliphatic heterocycles. The zero-order chi connectivity index (χ0) is 12.9. The van der Waals surface area contributed by atoms with Crippen LogP contribution in [-0.2, 0) is 9.84 Å². The molecule has 94 valence electrons. The molecule has 0 unspecified atom stereocenters. The van der Waals surface area contributed by atoms with E-state index in [2.05, 4.69) is 15.3 Å². The number of hydrogen-bond acceptors (Lipinski definition) is 6. The number of hydrogen-bond donors (Lipinski definition) is 2. The Morgan fingerprint density at radius 2 is 2.12 bits per heavy atom. The van der Waals surface area contributed by atoms with Gasteiger partial charge in [0.25, 0.3) is 0 Å². The van der Waals surface area contributed by atoms with Crippen LogP contribution < -0.4 is 5.32 Å². The molecule has 8 heteroatoms. The number of aromatic nitrogens is 2. The van der Waals surface area contributed by atoms with E-state index in [9.17, 15) is 13.2 Å². The number of aromatic carboxylic acids is 1. The number of nitrogens with one attached hydrogen (secondary N) is 1. The van der Waals surface area contributed by atoms with Gasteiger partial charge in [0.2, 0.25) is 0 Å². The highest BCUT2D eigenvalue weighted by atomic mass is 32.2. The summed E-state index contributed by atoms with van der Waals surface area (Å²) in [6.07, 6.45) is 2.36. The number of rotatable bonds is 6. The van der Waals surface area contributed by atoms with E-state index in [1.165, 1.54) is 6.20 Å². The average molecular weight is 259 g/mol. The van der Waals surface area contributed by atoms with Crippen LogP contribution in [0.3, 0.4) is 0 Å². The first kappa shape index (κ1) is 13.4. The first-order valence-corrected chi connectivity index (χ1v) is 6.76. The third-order valence-corrected chi connectivity index (χ3v) is 3.74. The largest absolute Gasteiger partial charge is 0.476 e. The van der Waals surface area contributed by atoms with E-state index >= 15 is 0 Å². The van der Waals surface area contributed by atoms with Crippen molar-refractivity contribution in [1.82, 2.24) is 9.97 Å². The molecule has 0 aliphatic rings. The maximum absolute atomic E-state index is 11.2. The Balaban J connectivity index is 2.51. The lowest BCUT2D eigenvalue weighted by Gasteiger charge is -2.04. The van der Waals surface area contributed by atoms with Gasteiger partial charge in [0.1, 0.15) is 5.82 Å². The van der Waals surface area contributed by atoms with Crippen molar-refractivity contribution < 1.29 is 18.3 Å². The Morgan fingerprint density at radius 1 is 1.41 bits per heavy atom. The molecule has 7 nitrogen and oxygen atoms in total. The lowest BCUT2D eigenvalue weighted by atomic mass is 10.4. The number of carbonyl (C=O) groups is 1. The third kappa shape index (κ3) is 4.35. The van der Waals surface area contributed by atoms with Crippen molar-refractivity contribution in [3.63, 3.8) is 0 Å². The Kier molecular flexibility index (Phi) is 4.38. The standard InChI is InChI=1S/C9H13N3O4S/c1-2-17(15,16)4-3-10-8-6-11-7(5-12-8)9(13)14/h5-6H,2-4H2,1H3,(H,10,12)(H,13,14). The Hall–Kier alpha value is -1.70. The van der Waals surface area contributed by atoms with Crippen molar-refractivity contribution in [2.24, 2.45) is 0 Å². The van der Waals surface area contributed by atoms with E-state index < -0.39 is 15.8 Å². The number of carboxylic acid groups (broad SMARTS) is 1. The fourth-order valence-corrected chi connectivity index (χ4v) is 1.71. The topological polar surface area (TPSA) is 109 Å². The Bertz CT molecular complexity index is 483. The molecule has 0 bridgehead atoms. The summed E-state index contributed by atoms with van der Waals surface area (Å²) in [6, 6.07) is 0. The molecular formula is C9H13N3O4S. The van der Waals surface area contributed by atoms with Gasteiger partial charge >= 0.3 is 5.97 Å². The van der Waals surface area contributed by atoms with Gasteiger partial charge in [-0.15, -0.1) is 0 Å². The SMILES string of the molecule is CCS(=O)(=O)CCNc1cnc(C(=O)O)cn1. The van der Waals surface area contributed by atoms with Crippen LogP contribution in [0.15, 0.2) is 12.4 Å². The van der Waals surface area contributed by atoms with Crippen molar-refractivity contribution in [2.75, 3.05) is 23.4 Å². The first-order chi connectivity index (χ1) is 7.94. The maximum Gasteiger partial charge on any atom is 0.356 e. The maximum atomic E-state index is 11.2. The van der Waals surface area contributed by atoms with Crippen LogP contribution in [0.1, 0.15) is 17.4 Å². The fraction of sp³-hybridized carbons (Fsp3) is 0.444. The van der Waals surface area contributed by atoms with Gasteiger partial charge in [-0.2, -0.15) is 0 Å². The molecular weight excluding hydrogens is 246 g/mol. The van der Waals surface area contributed by atoms with E-state index in [-0.39, 0.29) is 23.7 Å². The minimum Gasteiger partial charge on any atom is -0.476 e. The van der Waals surface area contributed by atoms with E-state index in [1.807, 2.05) is 0 Å². The molecule has 1 heterocycles. The molecule has 0 aromatic carbocycles. The summed E-state index contributed by atoms with van der Waals surface area (Å²) in [5.41, 5.74) is -0.156. The summed E-state index contributed by atoms with van der Waals surface area (Å²) in [5.74, 6) is -0.705. The van der Waals surface area contributed by atoms with Crippen LogP contribution >= 0.6 is 0 Å². The highest BCUT2D eigenvalue weighted by molar-refractivity contribution is 7.91. The zero-order valence-corrected chi connectivity index (χ0v) is 10.1. The predicted octanol–water partition coefficient (Wildman–Crippen LogP) is 0.0214. The molecule has 0 atom stereocenters. The second-order valence-electron chi connectivity index (χ2n) is 3.26. The predicted molar refractivity (Wildman–Crippen MR) is 61.8 cm³/mol. The minimum atomic E-state index is -3.02. The summed E-state index contributed by atoms with van der Waals surface area (Å²) in [6.45, 7) is 1.80. The molecule has 1 aromatic heterocycles. The van der Waals surface area contributed by atoms with Crippen molar-refractivity contribution in [3.8, 4) is 0 Å². The molecule has 1 rings (SSSR count). The minimum absolute atomic E-state index is 0.00582. The first-order valence-electron chi connectivity index (χ1n) is 4.94. The highest BCUT2D eigenvalue weighted by Gasteiger charge is 2.07. The summed E-state index contributed by atoms with van der Waals surface area (Å²) in [7, 11) is -3.02. The van der Waals surface area contributed by atoms with Crippen LogP contribution in [0.5, 0.6) is 0 Å². The monoisotopic (exact) mass is 259 g/mol. The second-order valence-corrected chi connectivity index (χ2v) is 5.73. The average Bonchev–Trinajstić information content (AvgIpc) is 2.29. The van der Waals surface area contributed by atoms with Crippen LogP contribution in [0, 0.1) is 0 Å². The number of anilines is 1. The fourth-order valence-electron chi connectivity index (χ4n) is 1.01. The number of nitrogens with zero attached hydrogens (tertiary/aromatic N) is 2. The zero-order valence-electron chi connectivity index (χ0n) is 9.25. The molecule has 0 saturated carbocycles. The summed E-state index contributed by atoms with van der Waals surface area (Å²) >= 11 is 0. The van der Waals surface area contributed by atoms with Gasteiger partial charge in [-0.3, -0.25) is 0 Å². The van der Waals surface area contributed by atoms with E-state index in [0.29, 0.717) is 5.82 Å². The van der Waals surface area contributed by atoms with Crippen molar-refractivity contribution >= 4 is 21.6 Å². The highest BCUT2D eigenvalue weighted by Crippen LogP contribution is 2.01. The summed E-state index contributed by atoms with van der Waals surface area (Å²) in [5, 5.41) is 11.3. The van der Waals surface area contributed by atoms with E-state index in [0.717, 1.165) is 6.20 Å². The van der Waals surface area contributed by atoms with Crippen molar-refractivity contribution in [2.45, 2.75) is 6.92 Å². The van der Waals surface area contributed by atoms with Gasteiger partial charge in [-0.1, -0.05) is 6.92 Å². The van der Waals surface area contributed by atoms with Crippen LogP contribution in [0.25, 0.3) is 0 Å². The molecule has 0 aliphatic carbocycles. The van der Waals surface area contributed by atoms with Crippen molar-refractivity contribution in [3.05, 3.63) is 18.1 Å². The molecule has 0 saturated heterocycles. The molecule has 17 heavy (non-hydrogen) atoms. The van der Waals surface area contributed by atoms with Crippen LogP contribution in [-0.4, -0.2) is 47.5 Å². The van der Waals surface area contributed by atoms with Gasteiger partial charge in [0, 0.05) is 12.3 Å². The Morgan fingerprint density at radius 3 is 2.59 bits per heavy atom. The smallest absolute Gasteiger partial charge is 0.356 e. The van der Waals surface area contributed by atoms with E-state index in [1.54, 1.807) is 6.92 Å². The Labute approximate surface area is 98.8 Å². The molecule has 0 amide bonds. The lowest BCUT2D eigenvalue weighted by molar-refractivity contribution is 0.0690. The van der Waals surface area contributed by atoms with Gasteiger partial charge in [0.05, 0.1) is 18.1 Å². The second kappa shape index (κ2) is 5.58. The molecule has 0 spiro atoms. The summed E-state index contributed by atoms with van der Waals surface area (Å²) < 4.78 is 22.4. The lowest BCUT2D eigenvalue weighted by Crippen LogP contribution is -2.17. The quantitative estimate of drug-likeness (QED) is 0.741. The molecule has 0 radical (unpaired) electrons. The van der Waals surface area contributed by atoms with Gasteiger partial charge in [-0.25, -0.2) is 23.2 Å². The number of carboxylic acids is 1.